The maximum Gasteiger partial charge on any atom is 0.307 e. The molecular weight excluding hydrogens is 266 g/mol. The molecule has 1 aliphatic rings. The van der Waals surface area contributed by atoms with E-state index in [9.17, 15) is 4.79 Å². The van der Waals surface area contributed by atoms with Crippen LogP contribution in [0.3, 0.4) is 0 Å². The molecule has 0 spiro atoms. The summed E-state index contributed by atoms with van der Waals surface area (Å²) in [6.07, 6.45) is 5.51. The van der Waals surface area contributed by atoms with Crippen LogP contribution in [0.5, 0.6) is 0 Å². The molecule has 0 aliphatic heterocycles. The highest BCUT2D eigenvalue weighted by atomic mass is 16.5. The fourth-order valence-corrected chi connectivity index (χ4v) is 2.94. The molecule has 1 fully saturated rings. The summed E-state index contributed by atoms with van der Waals surface area (Å²) >= 11 is 0. The Morgan fingerprint density at radius 2 is 2.05 bits per heavy atom. The van der Waals surface area contributed by atoms with E-state index in [0.29, 0.717) is 18.4 Å². The van der Waals surface area contributed by atoms with Gasteiger partial charge in [0.1, 0.15) is 0 Å². The summed E-state index contributed by atoms with van der Waals surface area (Å²) in [5.41, 5.74) is 0.402. The molecule has 0 aromatic carbocycles. The second-order valence-corrected chi connectivity index (χ2v) is 6.40. The second kappa shape index (κ2) is 8.90. The van der Waals surface area contributed by atoms with E-state index in [-0.39, 0.29) is 5.97 Å². The number of carbonyl (C=O) groups excluding carboxylic acids is 1. The lowest BCUT2D eigenvalue weighted by Crippen LogP contribution is -2.41. The van der Waals surface area contributed by atoms with Crippen LogP contribution in [0.1, 0.15) is 52.9 Å². The highest BCUT2D eigenvalue weighted by molar-refractivity contribution is 5.80. The van der Waals surface area contributed by atoms with Crippen molar-refractivity contribution in [1.29, 1.82) is 0 Å². The molecule has 2 N–H and O–H groups in total. The first kappa shape index (κ1) is 17.8. The number of hydrogen-bond donors (Lipinski definition) is 2. The van der Waals surface area contributed by atoms with Gasteiger partial charge in [0.2, 0.25) is 0 Å². The molecule has 0 amide bonds. The lowest BCUT2D eigenvalue weighted by atomic mass is 9.64. The number of carbonyl (C=O) groups is 1. The van der Waals surface area contributed by atoms with Gasteiger partial charge in [0.15, 0.2) is 5.96 Å². The van der Waals surface area contributed by atoms with Crippen molar-refractivity contribution in [3.8, 4) is 0 Å². The first-order valence-corrected chi connectivity index (χ1v) is 8.10. The number of rotatable bonds is 8. The molecule has 0 aromatic rings. The molecule has 0 bridgehead atoms. The van der Waals surface area contributed by atoms with Crippen LogP contribution in [-0.2, 0) is 9.53 Å². The predicted octanol–water partition coefficient (Wildman–Crippen LogP) is 2.32. The van der Waals surface area contributed by atoms with Gasteiger partial charge >= 0.3 is 5.97 Å². The number of nitrogens with one attached hydrogen (secondary N) is 2. The molecule has 0 saturated heterocycles. The number of guanidine groups is 1. The van der Waals surface area contributed by atoms with E-state index in [2.05, 4.69) is 29.2 Å². The summed E-state index contributed by atoms with van der Waals surface area (Å²) in [4.78, 5) is 15.8. The molecule has 0 aromatic heterocycles. The van der Waals surface area contributed by atoms with Crippen molar-refractivity contribution in [1.82, 2.24) is 10.6 Å². The average molecular weight is 297 g/mol. The molecule has 0 radical (unpaired) electrons. The zero-order valence-corrected chi connectivity index (χ0v) is 14.0. The third kappa shape index (κ3) is 6.36. The first-order valence-electron chi connectivity index (χ1n) is 8.10. The Balaban J connectivity index is 2.48. The summed E-state index contributed by atoms with van der Waals surface area (Å²) in [6, 6.07) is 0. The van der Waals surface area contributed by atoms with E-state index in [1.54, 1.807) is 0 Å². The summed E-state index contributed by atoms with van der Waals surface area (Å²) in [5, 5.41) is 6.43. The van der Waals surface area contributed by atoms with Crippen molar-refractivity contribution in [2.24, 2.45) is 16.3 Å². The molecule has 122 valence electrons. The Labute approximate surface area is 128 Å². The van der Waals surface area contributed by atoms with E-state index in [1.807, 2.05) is 6.92 Å². The Kier molecular flexibility index (Phi) is 7.54. The maximum absolute atomic E-state index is 11.1. The fraction of sp³-hybridized carbons (Fsp3) is 0.875. The summed E-state index contributed by atoms with van der Waals surface area (Å²) in [5.74, 6) is 1.32. The smallest absolute Gasteiger partial charge is 0.307 e. The molecular formula is C16H31N3O2. The van der Waals surface area contributed by atoms with Gasteiger partial charge in [-0.1, -0.05) is 20.3 Å². The fourth-order valence-electron chi connectivity index (χ4n) is 2.94. The Bertz CT molecular complexity index is 349. The highest BCUT2D eigenvalue weighted by Gasteiger charge is 2.37. The minimum Gasteiger partial charge on any atom is -0.469 e. The van der Waals surface area contributed by atoms with Crippen molar-refractivity contribution >= 4 is 11.9 Å². The lowest BCUT2D eigenvalue weighted by molar-refractivity contribution is -0.140. The molecule has 5 nitrogen and oxygen atoms in total. The maximum atomic E-state index is 11.1. The first-order chi connectivity index (χ1) is 10.0. The zero-order chi connectivity index (χ0) is 15.7. The largest absolute Gasteiger partial charge is 0.469 e. The SMILES string of the molecule is CCNC(=NCC1(CC(C)C)CCC1)NCCC(=O)OC. The molecule has 0 unspecified atom stereocenters. The number of nitrogens with zero attached hydrogens (tertiary/aromatic N) is 1. The Hall–Kier alpha value is -1.26. The third-order valence-corrected chi connectivity index (χ3v) is 4.02. The van der Waals surface area contributed by atoms with Crippen molar-refractivity contribution in [2.45, 2.75) is 52.9 Å². The van der Waals surface area contributed by atoms with E-state index < -0.39 is 0 Å². The minimum absolute atomic E-state index is 0.200. The van der Waals surface area contributed by atoms with Gasteiger partial charge < -0.3 is 15.4 Å². The number of methoxy groups -OCH3 is 1. The topological polar surface area (TPSA) is 62.7 Å². The van der Waals surface area contributed by atoms with Crippen molar-refractivity contribution in [3.05, 3.63) is 0 Å². The molecule has 1 saturated carbocycles. The molecule has 1 aliphatic carbocycles. The number of ether oxygens (including phenoxy) is 1. The van der Waals surface area contributed by atoms with Crippen LogP contribution in [0.25, 0.3) is 0 Å². The van der Waals surface area contributed by atoms with Gasteiger partial charge in [-0.25, -0.2) is 0 Å². The number of hydrogen-bond acceptors (Lipinski definition) is 3. The predicted molar refractivity (Wildman–Crippen MR) is 86.4 cm³/mol. The van der Waals surface area contributed by atoms with Crippen LogP contribution in [0.2, 0.25) is 0 Å². The Morgan fingerprint density at radius 1 is 1.33 bits per heavy atom. The molecule has 21 heavy (non-hydrogen) atoms. The third-order valence-electron chi connectivity index (χ3n) is 4.02. The molecule has 0 heterocycles. The van der Waals surface area contributed by atoms with Gasteiger partial charge in [-0.05, 0) is 37.5 Å². The molecule has 0 atom stereocenters. The van der Waals surface area contributed by atoms with Crippen LogP contribution in [0.15, 0.2) is 4.99 Å². The molecule has 5 heteroatoms. The average Bonchev–Trinajstić information content (AvgIpc) is 2.40. The number of aliphatic imine (C=N–C) groups is 1. The van der Waals surface area contributed by atoms with Crippen LogP contribution in [0.4, 0.5) is 0 Å². The normalized spacial score (nSPS) is 17.3. The van der Waals surface area contributed by atoms with E-state index in [4.69, 9.17) is 4.99 Å². The van der Waals surface area contributed by atoms with Crippen molar-refractivity contribution in [3.63, 3.8) is 0 Å². The highest BCUT2D eigenvalue weighted by Crippen LogP contribution is 2.46. The van der Waals surface area contributed by atoms with Gasteiger partial charge in [0.25, 0.3) is 0 Å². The van der Waals surface area contributed by atoms with E-state index in [0.717, 1.165) is 25.0 Å². The van der Waals surface area contributed by atoms with Crippen LogP contribution in [0, 0.1) is 11.3 Å². The van der Waals surface area contributed by atoms with Gasteiger partial charge in [0, 0.05) is 19.6 Å². The van der Waals surface area contributed by atoms with Gasteiger partial charge in [-0.2, -0.15) is 0 Å². The monoisotopic (exact) mass is 297 g/mol. The van der Waals surface area contributed by atoms with Crippen molar-refractivity contribution in [2.75, 3.05) is 26.7 Å². The summed E-state index contributed by atoms with van der Waals surface area (Å²) < 4.78 is 4.64. The second-order valence-electron chi connectivity index (χ2n) is 6.40. The lowest BCUT2D eigenvalue weighted by Gasteiger charge is -2.42. The minimum atomic E-state index is -0.200. The van der Waals surface area contributed by atoms with Gasteiger partial charge in [0.05, 0.1) is 13.5 Å². The summed E-state index contributed by atoms with van der Waals surface area (Å²) in [6.45, 7) is 8.85. The van der Waals surface area contributed by atoms with Gasteiger partial charge in [-0.15, -0.1) is 0 Å². The van der Waals surface area contributed by atoms with Gasteiger partial charge in [-0.3, -0.25) is 9.79 Å². The van der Waals surface area contributed by atoms with E-state index in [1.165, 1.54) is 32.8 Å². The quantitative estimate of drug-likeness (QED) is 0.410. The summed E-state index contributed by atoms with van der Waals surface area (Å²) in [7, 11) is 1.41. The molecule has 1 rings (SSSR count). The zero-order valence-electron chi connectivity index (χ0n) is 14.0. The van der Waals surface area contributed by atoms with Crippen LogP contribution in [-0.4, -0.2) is 38.7 Å². The van der Waals surface area contributed by atoms with Crippen molar-refractivity contribution < 1.29 is 9.53 Å². The van der Waals surface area contributed by atoms with Crippen LogP contribution >= 0.6 is 0 Å². The van der Waals surface area contributed by atoms with Crippen LogP contribution < -0.4 is 10.6 Å². The number of esters is 1. The Morgan fingerprint density at radius 3 is 2.52 bits per heavy atom. The standard InChI is InChI=1S/C16H31N3O2/c1-5-17-15(18-10-7-14(20)21-4)19-12-16(8-6-9-16)11-13(2)3/h13H,5-12H2,1-4H3,(H2,17,18,19). The van der Waals surface area contributed by atoms with E-state index >= 15 is 0 Å².